The first kappa shape index (κ1) is 65.3. The molecular weight excluding hydrogens is 839 g/mol. The molecule has 0 saturated carbocycles. The number of ether oxygens (including phenoxy) is 1. The maximum absolute atomic E-state index is 13.3. The Morgan fingerprint density at radius 3 is 1.28 bits per heavy atom. The summed E-state index contributed by atoms with van der Waals surface area (Å²) in [5.41, 5.74) is 0. The van der Waals surface area contributed by atoms with E-state index in [1.165, 1.54) is 141 Å². The monoisotopic (exact) mass is 950 g/mol. The van der Waals surface area contributed by atoms with Crippen molar-refractivity contribution in [2.45, 2.75) is 302 Å². The first-order valence-corrected chi connectivity index (χ1v) is 29.2. The van der Waals surface area contributed by atoms with Crippen molar-refractivity contribution in [2.24, 2.45) is 0 Å². The van der Waals surface area contributed by atoms with E-state index in [4.69, 9.17) is 4.74 Å². The lowest BCUT2D eigenvalue weighted by atomic mass is 10.0. The van der Waals surface area contributed by atoms with E-state index < -0.39 is 18.2 Å². The Balaban J connectivity index is 4.62. The first-order chi connectivity index (χ1) is 33.5. The zero-order chi connectivity index (χ0) is 49.5. The van der Waals surface area contributed by atoms with E-state index in [9.17, 15) is 19.8 Å². The van der Waals surface area contributed by atoms with Crippen molar-refractivity contribution in [1.82, 2.24) is 5.32 Å². The highest BCUT2D eigenvalue weighted by atomic mass is 16.5. The first-order valence-electron chi connectivity index (χ1n) is 29.2. The van der Waals surface area contributed by atoms with Crippen LogP contribution in [-0.4, -0.2) is 46.9 Å². The zero-order valence-electron chi connectivity index (χ0n) is 45.0. The molecule has 3 N–H and O–H groups in total. The van der Waals surface area contributed by atoms with Gasteiger partial charge in [-0.05, 0) is 83.5 Å². The van der Waals surface area contributed by atoms with Crippen LogP contribution in [0.25, 0.3) is 0 Å². The van der Waals surface area contributed by atoms with Gasteiger partial charge in [-0.15, -0.1) is 0 Å². The zero-order valence-corrected chi connectivity index (χ0v) is 45.0. The SMILES string of the molecule is CCCCC/C=C\C/C=C\CCCCCCCC(CC(=O)NC(CO)C(O)CCCCCCCCCCCCCCCCCC)OC(=O)CCCCCCC/C=C/C=C/C=C/C=C/CCCCC. The van der Waals surface area contributed by atoms with Gasteiger partial charge in [0.15, 0.2) is 0 Å². The molecule has 0 aromatic heterocycles. The fourth-order valence-electron chi connectivity index (χ4n) is 8.65. The average molecular weight is 951 g/mol. The molecule has 0 aromatic carbocycles. The Kier molecular flexibility index (Phi) is 53.0. The number of hydrogen-bond donors (Lipinski definition) is 3. The van der Waals surface area contributed by atoms with Crippen molar-refractivity contribution in [3.05, 3.63) is 72.9 Å². The lowest BCUT2D eigenvalue weighted by Crippen LogP contribution is -2.46. The lowest BCUT2D eigenvalue weighted by Gasteiger charge is -2.24. The molecule has 394 valence electrons. The molecule has 0 aliphatic rings. The number of aliphatic hydroxyl groups excluding tert-OH is 2. The molecule has 0 fully saturated rings. The summed E-state index contributed by atoms with van der Waals surface area (Å²) in [6, 6.07) is -0.715. The second-order valence-corrected chi connectivity index (χ2v) is 19.8. The van der Waals surface area contributed by atoms with Gasteiger partial charge in [0.05, 0.1) is 25.2 Å². The lowest BCUT2D eigenvalue weighted by molar-refractivity contribution is -0.151. The van der Waals surface area contributed by atoms with Crippen LogP contribution < -0.4 is 5.32 Å². The van der Waals surface area contributed by atoms with Gasteiger partial charge in [-0.25, -0.2) is 0 Å². The highest BCUT2D eigenvalue weighted by molar-refractivity contribution is 5.77. The molecule has 0 aliphatic heterocycles. The van der Waals surface area contributed by atoms with Gasteiger partial charge in [0.25, 0.3) is 0 Å². The number of carbonyl (C=O) groups excluding carboxylic acids is 2. The number of aliphatic hydroxyl groups is 2. The Labute approximate surface area is 421 Å². The quantitative estimate of drug-likeness (QED) is 0.0244. The molecule has 0 saturated heterocycles. The second-order valence-electron chi connectivity index (χ2n) is 19.8. The molecule has 0 rings (SSSR count). The van der Waals surface area contributed by atoms with Gasteiger partial charge in [-0.3, -0.25) is 9.59 Å². The third kappa shape index (κ3) is 49.7. The number of unbranched alkanes of at least 4 members (excludes halogenated alkanes) is 31. The Morgan fingerprint density at radius 2 is 0.809 bits per heavy atom. The molecule has 6 nitrogen and oxygen atoms in total. The highest BCUT2D eigenvalue weighted by Gasteiger charge is 2.24. The normalized spacial score (nSPS) is 13.7. The topological polar surface area (TPSA) is 95.9 Å². The Bertz CT molecular complexity index is 1250. The maximum Gasteiger partial charge on any atom is 0.306 e. The summed E-state index contributed by atoms with van der Waals surface area (Å²) in [4.78, 5) is 26.3. The third-order valence-corrected chi connectivity index (χ3v) is 13.1. The molecule has 3 unspecified atom stereocenters. The fraction of sp³-hybridized carbons (Fsp3) is 0.774. The summed E-state index contributed by atoms with van der Waals surface area (Å²) >= 11 is 0. The van der Waals surface area contributed by atoms with Gasteiger partial charge in [0.1, 0.15) is 6.10 Å². The van der Waals surface area contributed by atoms with E-state index in [-0.39, 0.29) is 24.9 Å². The number of carbonyl (C=O) groups is 2. The van der Waals surface area contributed by atoms with Crippen LogP contribution in [0.15, 0.2) is 72.9 Å². The van der Waals surface area contributed by atoms with E-state index in [0.29, 0.717) is 19.3 Å². The standard InChI is InChI=1S/C62H111NO5/c1-4-7-10-13-16-19-22-25-28-30-31-34-37-40-43-46-49-52-55-62(67)68-58(53-50-47-44-41-38-35-32-27-24-21-18-15-12-9-6-3)56-61(66)63-59(57-64)60(65)54-51-48-45-42-39-36-33-29-26-23-20-17-14-11-8-5-2/h16,18-19,21-22,25,27-28,30-32,34,58-60,64-65H,4-15,17,20,23-24,26,29,33,35-57H2,1-3H3,(H,63,66)/b19-16+,21-18-,25-22+,30-28+,32-27-,34-31+. The van der Waals surface area contributed by atoms with Crippen LogP contribution in [-0.2, 0) is 14.3 Å². The predicted molar refractivity (Wildman–Crippen MR) is 296 cm³/mol. The van der Waals surface area contributed by atoms with Crippen molar-refractivity contribution in [2.75, 3.05) is 6.61 Å². The minimum atomic E-state index is -0.800. The summed E-state index contributed by atoms with van der Waals surface area (Å²) in [5.74, 6) is -0.509. The van der Waals surface area contributed by atoms with E-state index in [0.717, 1.165) is 96.3 Å². The van der Waals surface area contributed by atoms with Gasteiger partial charge in [-0.2, -0.15) is 0 Å². The van der Waals surface area contributed by atoms with Crippen LogP contribution in [0.5, 0.6) is 0 Å². The van der Waals surface area contributed by atoms with Crippen LogP contribution in [0.4, 0.5) is 0 Å². The average Bonchev–Trinajstić information content (AvgIpc) is 3.33. The van der Waals surface area contributed by atoms with Crippen molar-refractivity contribution in [3.63, 3.8) is 0 Å². The molecule has 0 aliphatic carbocycles. The fourth-order valence-corrected chi connectivity index (χ4v) is 8.65. The number of allylic oxidation sites excluding steroid dienone is 12. The number of esters is 1. The molecule has 0 radical (unpaired) electrons. The number of amides is 1. The van der Waals surface area contributed by atoms with E-state index >= 15 is 0 Å². The largest absolute Gasteiger partial charge is 0.462 e. The molecular formula is C62H111NO5. The summed E-state index contributed by atoms with van der Waals surface area (Å²) in [6.07, 6.45) is 71.0. The van der Waals surface area contributed by atoms with Gasteiger partial charge < -0.3 is 20.3 Å². The van der Waals surface area contributed by atoms with Crippen LogP contribution in [0.3, 0.4) is 0 Å². The van der Waals surface area contributed by atoms with E-state index in [1.807, 2.05) is 0 Å². The predicted octanol–water partition coefficient (Wildman–Crippen LogP) is 18.1. The minimum Gasteiger partial charge on any atom is -0.462 e. The molecule has 6 heteroatoms. The minimum absolute atomic E-state index is 0.0566. The van der Waals surface area contributed by atoms with Gasteiger partial charge in [-0.1, -0.05) is 261 Å². The molecule has 68 heavy (non-hydrogen) atoms. The summed E-state index contributed by atoms with van der Waals surface area (Å²) in [7, 11) is 0. The molecule has 1 amide bonds. The van der Waals surface area contributed by atoms with Crippen LogP contribution in [0.2, 0.25) is 0 Å². The third-order valence-electron chi connectivity index (χ3n) is 13.1. The van der Waals surface area contributed by atoms with E-state index in [1.54, 1.807) is 0 Å². The van der Waals surface area contributed by atoms with Crippen LogP contribution in [0, 0.1) is 0 Å². The van der Waals surface area contributed by atoms with Gasteiger partial charge in [0.2, 0.25) is 5.91 Å². The van der Waals surface area contributed by atoms with Crippen molar-refractivity contribution < 1.29 is 24.5 Å². The molecule has 0 spiro atoms. The molecule has 0 heterocycles. The van der Waals surface area contributed by atoms with E-state index in [2.05, 4.69) is 99.0 Å². The van der Waals surface area contributed by atoms with Crippen LogP contribution >= 0.6 is 0 Å². The molecule has 0 bridgehead atoms. The smallest absolute Gasteiger partial charge is 0.306 e. The Hall–Kier alpha value is -2.70. The number of rotatable bonds is 52. The van der Waals surface area contributed by atoms with Gasteiger partial charge >= 0.3 is 5.97 Å². The van der Waals surface area contributed by atoms with Crippen molar-refractivity contribution >= 4 is 11.9 Å². The summed E-state index contributed by atoms with van der Waals surface area (Å²) in [6.45, 7) is 6.44. The van der Waals surface area contributed by atoms with Crippen molar-refractivity contribution in [3.8, 4) is 0 Å². The molecule has 0 aromatic rings. The number of nitrogens with one attached hydrogen (secondary N) is 1. The summed E-state index contributed by atoms with van der Waals surface area (Å²) in [5, 5.41) is 23.9. The van der Waals surface area contributed by atoms with Crippen LogP contribution in [0.1, 0.15) is 284 Å². The van der Waals surface area contributed by atoms with Crippen molar-refractivity contribution in [1.29, 1.82) is 0 Å². The summed E-state index contributed by atoms with van der Waals surface area (Å²) < 4.78 is 5.95. The van der Waals surface area contributed by atoms with Gasteiger partial charge in [0, 0.05) is 6.42 Å². The highest BCUT2D eigenvalue weighted by Crippen LogP contribution is 2.18. The number of hydrogen-bond acceptors (Lipinski definition) is 5. The second kappa shape index (κ2) is 55.2. The molecule has 3 atom stereocenters. The Morgan fingerprint density at radius 1 is 0.441 bits per heavy atom. The maximum atomic E-state index is 13.3.